The van der Waals surface area contributed by atoms with Crippen molar-refractivity contribution in [3.8, 4) is 11.5 Å². The molecule has 0 bridgehead atoms. The monoisotopic (exact) mass is 409 g/mol. The molecule has 0 heterocycles. The lowest BCUT2D eigenvalue weighted by molar-refractivity contribution is 0.102. The zero-order chi connectivity index (χ0) is 21.0. The average Bonchev–Trinajstić information content (AvgIpc) is 2.72. The van der Waals surface area contributed by atoms with Crippen molar-refractivity contribution in [1.82, 2.24) is 0 Å². The van der Waals surface area contributed by atoms with E-state index in [1.807, 2.05) is 51.1 Å². The van der Waals surface area contributed by atoms with Crippen molar-refractivity contribution < 1.29 is 14.3 Å². The molecule has 0 saturated heterocycles. The molecule has 150 valence electrons. The third-order valence-corrected chi connectivity index (χ3v) is 5.34. The maximum Gasteiger partial charge on any atom is 0.255 e. The average molecular weight is 410 g/mol. The SMILES string of the molecule is COc1ccc(C(=O)Nc2cccc(C)c2C)cc1COc1ccc(Cl)c(C)c1. The standard InChI is InChI=1S/C24H24ClNO3/c1-15-6-5-7-22(17(15)3)26-24(27)18-8-11-23(28-4)19(13-18)14-29-20-9-10-21(25)16(2)12-20/h5-13H,14H2,1-4H3,(H,26,27). The van der Waals surface area contributed by atoms with Crippen LogP contribution in [0.5, 0.6) is 11.5 Å². The molecular formula is C24H24ClNO3. The van der Waals surface area contributed by atoms with Gasteiger partial charge in [0.25, 0.3) is 5.91 Å². The van der Waals surface area contributed by atoms with Gasteiger partial charge in [-0.2, -0.15) is 0 Å². The molecule has 5 heteroatoms. The van der Waals surface area contributed by atoms with E-state index in [9.17, 15) is 4.79 Å². The lowest BCUT2D eigenvalue weighted by Gasteiger charge is -2.14. The second-order valence-electron chi connectivity index (χ2n) is 6.93. The molecule has 1 amide bonds. The van der Waals surface area contributed by atoms with Crippen LogP contribution in [0.25, 0.3) is 0 Å². The summed E-state index contributed by atoms with van der Waals surface area (Å²) in [5.74, 6) is 1.20. The smallest absolute Gasteiger partial charge is 0.255 e. The Morgan fingerprint density at radius 1 is 1.00 bits per heavy atom. The summed E-state index contributed by atoms with van der Waals surface area (Å²) in [6, 6.07) is 16.7. The van der Waals surface area contributed by atoms with E-state index in [-0.39, 0.29) is 12.5 Å². The number of hydrogen-bond acceptors (Lipinski definition) is 3. The van der Waals surface area contributed by atoms with E-state index in [1.165, 1.54) is 0 Å². The molecule has 0 spiro atoms. The topological polar surface area (TPSA) is 47.6 Å². The van der Waals surface area contributed by atoms with Crippen LogP contribution in [0.2, 0.25) is 5.02 Å². The van der Waals surface area contributed by atoms with E-state index in [1.54, 1.807) is 31.4 Å². The molecule has 1 N–H and O–H groups in total. The van der Waals surface area contributed by atoms with Gasteiger partial charge >= 0.3 is 0 Å². The number of methoxy groups -OCH3 is 1. The fourth-order valence-electron chi connectivity index (χ4n) is 2.98. The minimum absolute atomic E-state index is 0.176. The molecular weight excluding hydrogens is 386 g/mol. The maximum absolute atomic E-state index is 12.8. The zero-order valence-electron chi connectivity index (χ0n) is 17.0. The highest BCUT2D eigenvalue weighted by atomic mass is 35.5. The van der Waals surface area contributed by atoms with Gasteiger partial charge in [-0.3, -0.25) is 4.79 Å². The molecule has 3 rings (SSSR count). The van der Waals surface area contributed by atoms with Crippen molar-refractivity contribution in [1.29, 1.82) is 0 Å². The first-order chi connectivity index (χ1) is 13.9. The van der Waals surface area contributed by atoms with Gasteiger partial charge in [-0.1, -0.05) is 23.7 Å². The Labute approximate surface area is 176 Å². The van der Waals surface area contributed by atoms with E-state index in [0.29, 0.717) is 22.1 Å². The van der Waals surface area contributed by atoms with E-state index in [2.05, 4.69) is 5.32 Å². The molecule has 29 heavy (non-hydrogen) atoms. The first-order valence-electron chi connectivity index (χ1n) is 9.32. The third-order valence-electron chi connectivity index (χ3n) is 4.92. The highest BCUT2D eigenvalue weighted by Crippen LogP contribution is 2.26. The molecule has 0 fully saturated rings. The predicted molar refractivity (Wildman–Crippen MR) is 117 cm³/mol. The van der Waals surface area contributed by atoms with Crippen LogP contribution in [0.4, 0.5) is 5.69 Å². The van der Waals surface area contributed by atoms with E-state index in [0.717, 1.165) is 27.9 Å². The summed E-state index contributed by atoms with van der Waals surface area (Å²) in [6.07, 6.45) is 0. The van der Waals surface area contributed by atoms with Crippen molar-refractivity contribution >= 4 is 23.2 Å². The van der Waals surface area contributed by atoms with Gasteiger partial charge in [0, 0.05) is 21.8 Å². The van der Waals surface area contributed by atoms with Crippen molar-refractivity contribution in [2.45, 2.75) is 27.4 Å². The molecule has 0 saturated carbocycles. The first kappa shape index (κ1) is 20.7. The van der Waals surface area contributed by atoms with Gasteiger partial charge in [-0.05, 0) is 79.9 Å². The van der Waals surface area contributed by atoms with Crippen LogP contribution in [0.3, 0.4) is 0 Å². The zero-order valence-corrected chi connectivity index (χ0v) is 17.8. The number of carbonyl (C=O) groups is 1. The number of aryl methyl sites for hydroxylation is 2. The largest absolute Gasteiger partial charge is 0.496 e. The van der Waals surface area contributed by atoms with Gasteiger partial charge < -0.3 is 14.8 Å². The fourth-order valence-corrected chi connectivity index (χ4v) is 3.10. The highest BCUT2D eigenvalue weighted by molar-refractivity contribution is 6.31. The molecule has 0 aliphatic heterocycles. The van der Waals surface area contributed by atoms with Crippen LogP contribution < -0.4 is 14.8 Å². The third kappa shape index (κ3) is 4.90. The normalized spacial score (nSPS) is 10.5. The van der Waals surface area contributed by atoms with Crippen LogP contribution in [-0.2, 0) is 6.61 Å². The minimum Gasteiger partial charge on any atom is -0.496 e. The number of ether oxygens (including phenoxy) is 2. The van der Waals surface area contributed by atoms with Crippen LogP contribution in [0.15, 0.2) is 54.6 Å². The van der Waals surface area contributed by atoms with Gasteiger partial charge in [0.05, 0.1) is 7.11 Å². The van der Waals surface area contributed by atoms with Gasteiger partial charge in [-0.15, -0.1) is 0 Å². The van der Waals surface area contributed by atoms with Crippen LogP contribution in [0, 0.1) is 20.8 Å². The summed E-state index contributed by atoms with van der Waals surface area (Å²) in [6.45, 7) is 6.21. The number of anilines is 1. The first-order valence-corrected chi connectivity index (χ1v) is 9.70. The number of hydrogen-bond donors (Lipinski definition) is 1. The van der Waals surface area contributed by atoms with Gasteiger partial charge in [-0.25, -0.2) is 0 Å². The minimum atomic E-state index is -0.176. The summed E-state index contributed by atoms with van der Waals surface area (Å²) < 4.78 is 11.3. The Hall–Kier alpha value is -2.98. The van der Waals surface area contributed by atoms with Crippen LogP contribution in [0.1, 0.15) is 32.6 Å². The summed E-state index contributed by atoms with van der Waals surface area (Å²) in [7, 11) is 1.60. The summed E-state index contributed by atoms with van der Waals surface area (Å²) in [5, 5.41) is 3.68. The predicted octanol–water partition coefficient (Wildman–Crippen LogP) is 6.11. The highest BCUT2D eigenvalue weighted by Gasteiger charge is 2.13. The molecule has 0 unspecified atom stereocenters. The molecule has 4 nitrogen and oxygen atoms in total. The van der Waals surface area contributed by atoms with Crippen molar-refractivity contribution in [2.24, 2.45) is 0 Å². The lowest BCUT2D eigenvalue weighted by Crippen LogP contribution is -2.14. The molecule has 0 aromatic heterocycles. The van der Waals surface area contributed by atoms with Crippen molar-refractivity contribution in [3.63, 3.8) is 0 Å². The number of amides is 1. The van der Waals surface area contributed by atoms with E-state index in [4.69, 9.17) is 21.1 Å². The van der Waals surface area contributed by atoms with E-state index < -0.39 is 0 Å². The van der Waals surface area contributed by atoms with Gasteiger partial charge in [0.2, 0.25) is 0 Å². The number of halogens is 1. The van der Waals surface area contributed by atoms with Crippen LogP contribution >= 0.6 is 11.6 Å². The quantitative estimate of drug-likeness (QED) is 0.534. The second-order valence-corrected chi connectivity index (χ2v) is 7.34. The summed E-state index contributed by atoms with van der Waals surface area (Å²) in [5.41, 5.74) is 5.25. The fraction of sp³-hybridized carbons (Fsp3) is 0.208. The molecule has 3 aromatic rings. The number of nitrogens with one attached hydrogen (secondary N) is 1. The van der Waals surface area contributed by atoms with Crippen LogP contribution in [-0.4, -0.2) is 13.0 Å². The number of rotatable bonds is 6. The second kappa shape index (κ2) is 9.01. The number of carbonyl (C=O) groups excluding carboxylic acids is 1. The van der Waals surface area contributed by atoms with Crippen molar-refractivity contribution in [2.75, 3.05) is 12.4 Å². The Morgan fingerprint density at radius 2 is 1.79 bits per heavy atom. The molecule has 0 atom stereocenters. The Balaban J connectivity index is 1.79. The summed E-state index contributed by atoms with van der Waals surface area (Å²) >= 11 is 6.07. The van der Waals surface area contributed by atoms with E-state index >= 15 is 0 Å². The van der Waals surface area contributed by atoms with Gasteiger partial charge in [0.15, 0.2) is 0 Å². The molecule has 3 aromatic carbocycles. The molecule has 0 aliphatic carbocycles. The number of benzene rings is 3. The summed E-state index contributed by atoms with van der Waals surface area (Å²) in [4.78, 5) is 12.8. The lowest BCUT2D eigenvalue weighted by atomic mass is 10.1. The maximum atomic E-state index is 12.8. The molecule has 0 radical (unpaired) electrons. The molecule has 0 aliphatic rings. The Bertz CT molecular complexity index is 1050. The van der Waals surface area contributed by atoms with Crippen molar-refractivity contribution in [3.05, 3.63) is 87.4 Å². The Morgan fingerprint density at radius 3 is 2.52 bits per heavy atom. The Kier molecular flexibility index (Phi) is 6.45. The van der Waals surface area contributed by atoms with Gasteiger partial charge in [0.1, 0.15) is 18.1 Å².